The molecule has 2 aromatic rings. The van der Waals surface area contributed by atoms with Crippen molar-refractivity contribution in [3.05, 3.63) is 69.2 Å². The van der Waals surface area contributed by atoms with E-state index in [1.54, 1.807) is 6.07 Å². The van der Waals surface area contributed by atoms with Gasteiger partial charge in [0.1, 0.15) is 5.75 Å². The molecular formula is C15H13ClNO5P. The van der Waals surface area contributed by atoms with E-state index >= 15 is 0 Å². The molecule has 0 N–H and O–H groups in total. The Morgan fingerprint density at radius 2 is 2.04 bits per heavy atom. The molecule has 23 heavy (non-hydrogen) atoms. The number of nitrogens with zero attached hydrogens (tertiary/aromatic N) is 1. The number of nitro groups is 1. The van der Waals surface area contributed by atoms with Gasteiger partial charge in [-0.2, -0.15) is 0 Å². The molecule has 0 radical (unpaired) electrons. The fraction of sp³-hybridized carbons (Fsp3) is 0.200. The summed E-state index contributed by atoms with van der Waals surface area (Å²) in [5.41, 5.74) is 0.980. The summed E-state index contributed by atoms with van der Waals surface area (Å²) >= 11 is 6.00. The molecule has 0 spiro atoms. The molecule has 2 aromatic carbocycles. The summed E-state index contributed by atoms with van der Waals surface area (Å²) in [7, 11) is -1.56. The molecule has 2 unspecified atom stereocenters. The fourth-order valence-corrected chi connectivity index (χ4v) is 3.46. The van der Waals surface area contributed by atoms with Crippen LogP contribution in [0.15, 0.2) is 48.5 Å². The Hall–Kier alpha value is -1.72. The van der Waals surface area contributed by atoms with Gasteiger partial charge in [0.25, 0.3) is 5.69 Å². The first-order chi connectivity index (χ1) is 11.1. The summed E-state index contributed by atoms with van der Waals surface area (Å²) in [6.07, 6.45) is 0.564. The lowest BCUT2D eigenvalue weighted by molar-refractivity contribution is -0.384. The fourth-order valence-electron chi connectivity index (χ4n) is 2.12. The number of non-ortho nitro benzene ring substituents is 1. The minimum atomic E-state index is -1.56. The second kappa shape index (κ2) is 7.23. The molecule has 2 atom stereocenters. The Morgan fingerprint density at radius 1 is 1.26 bits per heavy atom. The first kappa shape index (κ1) is 16.1. The van der Waals surface area contributed by atoms with Gasteiger partial charge in [-0.15, -0.1) is 0 Å². The average Bonchev–Trinajstić information content (AvgIpc) is 2.56. The van der Waals surface area contributed by atoms with Crippen LogP contribution in [0.5, 0.6) is 5.75 Å². The number of nitro benzene ring substituents is 1. The maximum Gasteiger partial charge on any atom is 0.397 e. The van der Waals surface area contributed by atoms with Crippen LogP contribution in [-0.2, 0) is 9.05 Å². The van der Waals surface area contributed by atoms with Gasteiger partial charge in [-0.3, -0.25) is 14.6 Å². The molecule has 3 rings (SSSR count). The second-order valence-corrected chi connectivity index (χ2v) is 6.37. The molecule has 0 aromatic heterocycles. The molecule has 0 amide bonds. The van der Waals surface area contributed by atoms with Crippen LogP contribution in [0.2, 0.25) is 5.02 Å². The van der Waals surface area contributed by atoms with Crippen molar-refractivity contribution in [2.45, 2.75) is 12.5 Å². The van der Waals surface area contributed by atoms with E-state index in [0.717, 1.165) is 5.56 Å². The molecule has 1 heterocycles. The third-order valence-corrected chi connectivity index (χ3v) is 4.65. The van der Waals surface area contributed by atoms with Gasteiger partial charge < -0.3 is 9.05 Å². The van der Waals surface area contributed by atoms with Crippen LogP contribution in [-0.4, -0.2) is 11.5 Å². The third kappa shape index (κ3) is 4.18. The highest BCUT2D eigenvalue weighted by atomic mass is 35.5. The highest BCUT2D eigenvalue weighted by Crippen LogP contribution is 2.49. The van der Waals surface area contributed by atoms with Crippen LogP contribution in [0.25, 0.3) is 0 Å². The topological polar surface area (TPSA) is 70.8 Å². The predicted molar refractivity (Wildman–Crippen MR) is 86.5 cm³/mol. The largest absolute Gasteiger partial charge is 0.427 e. The van der Waals surface area contributed by atoms with Crippen LogP contribution < -0.4 is 4.52 Å². The zero-order valence-electron chi connectivity index (χ0n) is 11.9. The van der Waals surface area contributed by atoms with E-state index < -0.39 is 13.5 Å². The van der Waals surface area contributed by atoms with Gasteiger partial charge >= 0.3 is 8.60 Å². The van der Waals surface area contributed by atoms with E-state index in [1.807, 2.05) is 18.2 Å². The Balaban J connectivity index is 1.65. The van der Waals surface area contributed by atoms with Crippen molar-refractivity contribution in [3.8, 4) is 5.75 Å². The zero-order valence-corrected chi connectivity index (χ0v) is 13.6. The normalized spacial score (nSPS) is 20.9. The van der Waals surface area contributed by atoms with E-state index in [9.17, 15) is 10.1 Å². The van der Waals surface area contributed by atoms with Crippen molar-refractivity contribution in [1.82, 2.24) is 0 Å². The van der Waals surface area contributed by atoms with Gasteiger partial charge in [0.15, 0.2) is 0 Å². The Kier molecular flexibility index (Phi) is 5.08. The van der Waals surface area contributed by atoms with Crippen molar-refractivity contribution < 1.29 is 18.5 Å². The van der Waals surface area contributed by atoms with Crippen LogP contribution in [0.4, 0.5) is 5.69 Å². The molecule has 1 fully saturated rings. The van der Waals surface area contributed by atoms with Gasteiger partial charge in [-0.1, -0.05) is 23.7 Å². The highest BCUT2D eigenvalue weighted by molar-refractivity contribution is 7.42. The minimum Gasteiger partial charge on any atom is -0.427 e. The van der Waals surface area contributed by atoms with Crippen molar-refractivity contribution >= 4 is 25.9 Å². The predicted octanol–water partition coefficient (Wildman–Crippen LogP) is 5.03. The maximum absolute atomic E-state index is 10.6. The number of halogens is 1. The standard InChI is InChI=1S/C15H13ClNO5P/c16-12-3-1-2-11(10-12)15-8-9-20-23(22-15)21-14-6-4-13(5-7-14)17(18)19/h1-7,10,15H,8-9H2. The highest BCUT2D eigenvalue weighted by Gasteiger charge is 2.28. The van der Waals surface area contributed by atoms with E-state index in [2.05, 4.69) is 0 Å². The summed E-state index contributed by atoms with van der Waals surface area (Å²) in [5, 5.41) is 11.3. The number of hydrogen-bond donors (Lipinski definition) is 0. The van der Waals surface area contributed by atoms with Gasteiger partial charge in [0.2, 0.25) is 0 Å². The summed E-state index contributed by atoms with van der Waals surface area (Å²) in [6, 6.07) is 13.3. The van der Waals surface area contributed by atoms with Gasteiger partial charge in [-0.25, -0.2) is 0 Å². The monoisotopic (exact) mass is 353 g/mol. The Bertz CT molecular complexity index is 697. The maximum atomic E-state index is 10.6. The molecule has 1 saturated heterocycles. The number of benzene rings is 2. The lowest BCUT2D eigenvalue weighted by atomic mass is 10.1. The van der Waals surface area contributed by atoms with Crippen LogP contribution >= 0.6 is 20.2 Å². The molecule has 0 saturated carbocycles. The van der Waals surface area contributed by atoms with E-state index in [1.165, 1.54) is 24.3 Å². The molecule has 1 aliphatic heterocycles. The van der Waals surface area contributed by atoms with Crippen LogP contribution in [0, 0.1) is 10.1 Å². The molecule has 6 nitrogen and oxygen atoms in total. The first-order valence-electron chi connectivity index (χ1n) is 6.89. The lowest BCUT2D eigenvalue weighted by Gasteiger charge is -2.28. The second-order valence-electron chi connectivity index (χ2n) is 4.84. The number of hydrogen-bond acceptors (Lipinski definition) is 5. The molecule has 0 bridgehead atoms. The van der Waals surface area contributed by atoms with Crippen LogP contribution in [0.3, 0.4) is 0 Å². The Labute approximate surface area is 139 Å². The van der Waals surface area contributed by atoms with Gasteiger partial charge in [0.05, 0.1) is 17.6 Å². The summed E-state index contributed by atoms with van der Waals surface area (Å²) in [4.78, 5) is 10.2. The van der Waals surface area contributed by atoms with Crippen LogP contribution in [0.1, 0.15) is 18.1 Å². The van der Waals surface area contributed by atoms with E-state index in [-0.39, 0.29) is 11.8 Å². The summed E-state index contributed by atoms with van der Waals surface area (Å²) in [6.45, 7) is 0.510. The summed E-state index contributed by atoms with van der Waals surface area (Å²) in [5.74, 6) is 0.466. The quantitative estimate of drug-likeness (QED) is 0.438. The zero-order chi connectivity index (χ0) is 16.2. The lowest BCUT2D eigenvalue weighted by Crippen LogP contribution is -2.13. The molecule has 1 aliphatic rings. The molecule has 120 valence electrons. The molecule has 0 aliphatic carbocycles. The van der Waals surface area contributed by atoms with Crippen molar-refractivity contribution in [2.75, 3.05) is 6.61 Å². The van der Waals surface area contributed by atoms with E-state index in [0.29, 0.717) is 23.8 Å². The van der Waals surface area contributed by atoms with Gasteiger partial charge in [-0.05, 0) is 29.8 Å². The first-order valence-corrected chi connectivity index (χ1v) is 8.37. The number of rotatable bonds is 4. The minimum absolute atomic E-state index is 0.00686. The SMILES string of the molecule is O=[N+]([O-])c1ccc(OP2OCCC(c3cccc(Cl)c3)O2)cc1. The van der Waals surface area contributed by atoms with Crippen molar-refractivity contribution in [3.63, 3.8) is 0 Å². The third-order valence-electron chi connectivity index (χ3n) is 3.24. The van der Waals surface area contributed by atoms with Gasteiger partial charge in [0, 0.05) is 23.6 Å². The average molecular weight is 354 g/mol. The molecular weight excluding hydrogens is 341 g/mol. The molecule has 8 heteroatoms. The smallest absolute Gasteiger partial charge is 0.397 e. The van der Waals surface area contributed by atoms with E-state index in [4.69, 9.17) is 25.2 Å². The van der Waals surface area contributed by atoms with Crippen molar-refractivity contribution in [1.29, 1.82) is 0 Å². The Morgan fingerprint density at radius 3 is 2.74 bits per heavy atom. The summed E-state index contributed by atoms with van der Waals surface area (Å²) < 4.78 is 17.0. The van der Waals surface area contributed by atoms with Crippen molar-refractivity contribution in [2.24, 2.45) is 0 Å².